The van der Waals surface area contributed by atoms with E-state index in [2.05, 4.69) is 9.88 Å². The van der Waals surface area contributed by atoms with Gasteiger partial charge >= 0.3 is 12.1 Å². The fraction of sp³-hybridized carbons (Fsp3) is 0.480. The number of amides is 1. The number of benzene rings is 1. The number of ether oxygens (including phenoxy) is 3. The van der Waals surface area contributed by atoms with Crippen LogP contribution in [0.15, 0.2) is 42.7 Å². The minimum absolute atomic E-state index is 0.237. The lowest BCUT2D eigenvalue weighted by molar-refractivity contribution is 0.0142. The second-order valence-electron chi connectivity index (χ2n) is 8.95. The van der Waals surface area contributed by atoms with Gasteiger partial charge in [-0.15, -0.1) is 0 Å². The molecule has 8 nitrogen and oxygen atoms in total. The fourth-order valence-corrected chi connectivity index (χ4v) is 3.60. The highest BCUT2D eigenvalue weighted by atomic mass is 16.6. The van der Waals surface area contributed by atoms with Crippen LogP contribution in [0, 0.1) is 0 Å². The van der Waals surface area contributed by atoms with Crippen molar-refractivity contribution in [2.24, 2.45) is 0 Å². The Morgan fingerprint density at radius 3 is 2.36 bits per heavy atom. The Morgan fingerprint density at radius 1 is 1.03 bits per heavy atom. The maximum atomic E-state index is 12.2. The van der Waals surface area contributed by atoms with Crippen LogP contribution in [0.2, 0.25) is 0 Å². The summed E-state index contributed by atoms with van der Waals surface area (Å²) in [7, 11) is 1.37. The zero-order valence-corrected chi connectivity index (χ0v) is 19.9. The monoisotopic (exact) mass is 455 g/mol. The Morgan fingerprint density at radius 2 is 1.73 bits per heavy atom. The third-order valence-electron chi connectivity index (χ3n) is 5.30. The number of rotatable bonds is 7. The standard InChI is InChI=1S/C25H33N3O5/c1-25(2,3)33-24(30)28-15-13-27(14-16-28)12-5-17-32-20-8-6-19(7-9-20)22-18-26-11-10-21(22)23(29)31-4/h6-11,18H,5,12-17H2,1-4H3. The summed E-state index contributed by atoms with van der Waals surface area (Å²) in [6, 6.07) is 9.26. The SMILES string of the molecule is COC(=O)c1ccncc1-c1ccc(OCCCN2CCN(C(=O)OC(C)(C)C)CC2)cc1. The van der Waals surface area contributed by atoms with E-state index < -0.39 is 5.60 Å². The van der Waals surface area contributed by atoms with Crippen molar-refractivity contribution < 1.29 is 23.8 Å². The number of nitrogens with zero attached hydrogens (tertiary/aromatic N) is 3. The molecule has 0 N–H and O–H groups in total. The van der Waals surface area contributed by atoms with E-state index in [9.17, 15) is 9.59 Å². The number of carbonyl (C=O) groups is 2. The second kappa shape index (κ2) is 11.1. The highest BCUT2D eigenvalue weighted by Crippen LogP contribution is 2.25. The Kier molecular flexibility index (Phi) is 8.27. The number of pyridine rings is 1. The van der Waals surface area contributed by atoms with Crippen LogP contribution >= 0.6 is 0 Å². The molecule has 0 aliphatic carbocycles. The van der Waals surface area contributed by atoms with Gasteiger partial charge < -0.3 is 19.1 Å². The van der Waals surface area contributed by atoms with E-state index >= 15 is 0 Å². The molecule has 1 saturated heterocycles. The fourth-order valence-electron chi connectivity index (χ4n) is 3.60. The average molecular weight is 456 g/mol. The number of hydrogen-bond acceptors (Lipinski definition) is 7. The van der Waals surface area contributed by atoms with Gasteiger partial charge in [-0.05, 0) is 51.0 Å². The van der Waals surface area contributed by atoms with Crippen molar-refractivity contribution in [3.8, 4) is 16.9 Å². The van der Waals surface area contributed by atoms with Gasteiger partial charge in [-0.25, -0.2) is 9.59 Å². The van der Waals surface area contributed by atoms with Gasteiger partial charge in [0.05, 0.1) is 19.3 Å². The number of hydrogen-bond donors (Lipinski definition) is 0. The molecule has 0 atom stereocenters. The largest absolute Gasteiger partial charge is 0.494 e. The van der Waals surface area contributed by atoms with Crippen LogP contribution in [-0.4, -0.2) is 78.9 Å². The molecular weight excluding hydrogens is 422 g/mol. The maximum absolute atomic E-state index is 12.2. The number of esters is 1. The molecule has 1 aliphatic heterocycles. The molecule has 0 spiro atoms. The van der Waals surface area contributed by atoms with Gasteiger partial charge in [-0.1, -0.05) is 12.1 Å². The summed E-state index contributed by atoms with van der Waals surface area (Å²) in [5.41, 5.74) is 1.61. The smallest absolute Gasteiger partial charge is 0.410 e. The summed E-state index contributed by atoms with van der Waals surface area (Å²) >= 11 is 0. The summed E-state index contributed by atoms with van der Waals surface area (Å²) in [5.74, 6) is 0.386. The highest BCUT2D eigenvalue weighted by Gasteiger charge is 2.25. The first-order valence-corrected chi connectivity index (χ1v) is 11.2. The van der Waals surface area contributed by atoms with Crippen molar-refractivity contribution >= 4 is 12.1 Å². The third kappa shape index (κ3) is 7.18. The van der Waals surface area contributed by atoms with Gasteiger partial charge in [0.25, 0.3) is 0 Å². The molecule has 178 valence electrons. The molecule has 0 radical (unpaired) electrons. The lowest BCUT2D eigenvalue weighted by Gasteiger charge is -2.35. The van der Waals surface area contributed by atoms with Gasteiger partial charge in [-0.3, -0.25) is 9.88 Å². The Hall–Kier alpha value is -3.13. The quantitative estimate of drug-likeness (QED) is 0.463. The lowest BCUT2D eigenvalue weighted by atomic mass is 10.0. The van der Waals surface area contributed by atoms with Crippen LogP contribution in [0.3, 0.4) is 0 Å². The van der Waals surface area contributed by atoms with Crippen LogP contribution in [0.5, 0.6) is 5.75 Å². The van der Waals surface area contributed by atoms with Gasteiger partial charge in [0.2, 0.25) is 0 Å². The molecule has 8 heteroatoms. The predicted octanol–water partition coefficient (Wildman–Crippen LogP) is 3.86. The van der Waals surface area contributed by atoms with Crippen molar-refractivity contribution in [3.63, 3.8) is 0 Å². The summed E-state index contributed by atoms with van der Waals surface area (Å²) in [5, 5.41) is 0. The molecule has 1 amide bonds. The normalized spacial score (nSPS) is 14.6. The van der Waals surface area contributed by atoms with Gasteiger partial charge in [-0.2, -0.15) is 0 Å². The van der Waals surface area contributed by atoms with Gasteiger partial charge in [0, 0.05) is 50.7 Å². The molecule has 1 aromatic heterocycles. The molecule has 1 aliphatic rings. The van der Waals surface area contributed by atoms with E-state index in [-0.39, 0.29) is 12.1 Å². The molecule has 0 bridgehead atoms. The average Bonchev–Trinajstić information content (AvgIpc) is 2.81. The molecule has 0 unspecified atom stereocenters. The van der Waals surface area contributed by atoms with Gasteiger partial charge in [0.15, 0.2) is 0 Å². The molecular formula is C25H33N3O5. The molecule has 3 rings (SSSR count). The topological polar surface area (TPSA) is 81.2 Å². The molecule has 1 aromatic carbocycles. The Labute approximate surface area is 195 Å². The van der Waals surface area contributed by atoms with E-state index in [0.717, 1.165) is 42.9 Å². The highest BCUT2D eigenvalue weighted by molar-refractivity contribution is 5.96. The second-order valence-corrected chi connectivity index (χ2v) is 8.95. The molecule has 33 heavy (non-hydrogen) atoms. The van der Waals surface area contributed by atoms with Crippen molar-refractivity contribution in [1.82, 2.24) is 14.8 Å². The minimum atomic E-state index is -0.467. The van der Waals surface area contributed by atoms with Crippen LogP contribution in [0.1, 0.15) is 37.6 Å². The van der Waals surface area contributed by atoms with Crippen LogP contribution < -0.4 is 4.74 Å². The van der Waals surface area contributed by atoms with Crippen molar-refractivity contribution in [2.75, 3.05) is 46.4 Å². The Balaban J connectivity index is 1.41. The number of piperazine rings is 1. The summed E-state index contributed by atoms with van der Waals surface area (Å²) in [4.78, 5) is 32.4. The predicted molar refractivity (Wildman–Crippen MR) is 125 cm³/mol. The first-order valence-electron chi connectivity index (χ1n) is 11.2. The van der Waals surface area contributed by atoms with Gasteiger partial charge in [0.1, 0.15) is 11.4 Å². The number of aromatic nitrogens is 1. The molecule has 2 heterocycles. The van der Waals surface area contributed by atoms with Crippen molar-refractivity contribution in [2.45, 2.75) is 32.8 Å². The van der Waals surface area contributed by atoms with Crippen molar-refractivity contribution in [1.29, 1.82) is 0 Å². The maximum Gasteiger partial charge on any atom is 0.410 e. The molecule has 0 saturated carbocycles. The van der Waals surface area contributed by atoms with Crippen LogP contribution in [0.25, 0.3) is 11.1 Å². The summed E-state index contributed by atoms with van der Waals surface area (Å²) in [6.45, 7) is 10.2. The number of carbonyl (C=O) groups excluding carboxylic acids is 2. The minimum Gasteiger partial charge on any atom is -0.494 e. The molecule has 1 fully saturated rings. The van der Waals surface area contributed by atoms with E-state index in [1.54, 1.807) is 23.4 Å². The van der Waals surface area contributed by atoms with Crippen molar-refractivity contribution in [3.05, 3.63) is 48.3 Å². The zero-order valence-electron chi connectivity index (χ0n) is 19.9. The lowest BCUT2D eigenvalue weighted by Crippen LogP contribution is -2.50. The van der Waals surface area contributed by atoms with Crippen LogP contribution in [0.4, 0.5) is 4.79 Å². The third-order valence-corrected chi connectivity index (χ3v) is 5.30. The number of methoxy groups -OCH3 is 1. The Bertz CT molecular complexity index is 932. The zero-order chi connectivity index (χ0) is 23.8. The summed E-state index contributed by atoms with van der Waals surface area (Å²) < 4.78 is 16.2. The van der Waals surface area contributed by atoms with Crippen LogP contribution in [-0.2, 0) is 9.47 Å². The van der Waals surface area contributed by atoms with E-state index in [4.69, 9.17) is 14.2 Å². The first kappa shape index (κ1) is 24.5. The first-order chi connectivity index (χ1) is 15.8. The summed E-state index contributed by atoms with van der Waals surface area (Å²) in [6.07, 6.45) is 3.89. The van der Waals surface area contributed by atoms with E-state index in [1.807, 2.05) is 45.0 Å². The molecule has 2 aromatic rings. The van der Waals surface area contributed by atoms with E-state index in [1.165, 1.54) is 7.11 Å². The van der Waals surface area contributed by atoms with E-state index in [0.29, 0.717) is 25.3 Å².